The second-order valence-electron chi connectivity index (χ2n) is 5.33. The summed E-state index contributed by atoms with van der Waals surface area (Å²) in [6.07, 6.45) is 0. The van der Waals surface area contributed by atoms with E-state index in [1.807, 2.05) is 6.92 Å². The molecule has 0 atom stereocenters. The van der Waals surface area contributed by atoms with E-state index in [0.717, 1.165) is 0 Å². The lowest BCUT2D eigenvalue weighted by Crippen LogP contribution is -2.17. The van der Waals surface area contributed by atoms with E-state index >= 15 is 0 Å². The molecule has 2 rings (SSSR count). The molecule has 0 bridgehead atoms. The van der Waals surface area contributed by atoms with Crippen LogP contribution in [0.5, 0.6) is 5.75 Å². The highest BCUT2D eigenvalue weighted by atomic mass is 32.2. The normalized spacial score (nSPS) is 10.8. The molecule has 1 N–H and O–H groups in total. The Labute approximate surface area is 152 Å². The minimum absolute atomic E-state index is 0.0169. The molecule has 2 aromatic rings. The topological polar surface area (TPSA) is 98.8 Å². The Morgan fingerprint density at radius 3 is 2.31 bits per heavy atom. The number of nitrogens with one attached hydrogen (secondary N) is 1. The molecule has 0 aromatic heterocycles. The van der Waals surface area contributed by atoms with E-state index in [-0.39, 0.29) is 28.5 Å². The summed E-state index contributed by atoms with van der Waals surface area (Å²) in [4.78, 5) is 23.1. The van der Waals surface area contributed by atoms with Crippen LogP contribution in [0.25, 0.3) is 0 Å². The number of sulfonamides is 1. The summed E-state index contributed by atoms with van der Waals surface area (Å²) in [6.45, 7) is 3.21. The average Bonchev–Trinajstić information content (AvgIpc) is 2.60. The molecule has 0 saturated heterocycles. The standard InChI is InChI=1S/C18H19NO6S/c1-3-24-14-8-10-15(11-9-14)26(22,23)19-17-7-5-4-6-16(17)18(21)25-12-13(2)20/h4-11,19H,3,12H2,1-2H3. The van der Waals surface area contributed by atoms with Crippen LogP contribution in [0.3, 0.4) is 0 Å². The second kappa shape index (κ2) is 8.48. The number of anilines is 1. The molecule has 0 unspecified atom stereocenters. The number of carbonyl (C=O) groups is 2. The van der Waals surface area contributed by atoms with Crippen LogP contribution in [0.1, 0.15) is 24.2 Å². The smallest absolute Gasteiger partial charge is 0.340 e. The van der Waals surface area contributed by atoms with Gasteiger partial charge in [0, 0.05) is 0 Å². The van der Waals surface area contributed by atoms with E-state index in [0.29, 0.717) is 12.4 Å². The maximum absolute atomic E-state index is 12.6. The van der Waals surface area contributed by atoms with Gasteiger partial charge in [0.25, 0.3) is 10.0 Å². The van der Waals surface area contributed by atoms with Crippen LogP contribution in [0.15, 0.2) is 53.4 Å². The van der Waals surface area contributed by atoms with Crippen LogP contribution >= 0.6 is 0 Å². The third kappa shape index (κ3) is 5.06. The predicted octanol–water partition coefficient (Wildman–Crippen LogP) is 2.63. The van der Waals surface area contributed by atoms with E-state index in [1.54, 1.807) is 24.3 Å². The van der Waals surface area contributed by atoms with Gasteiger partial charge in [0.05, 0.1) is 22.8 Å². The zero-order chi connectivity index (χ0) is 19.2. The number of ketones is 1. The molecule has 2 aromatic carbocycles. The number of hydrogen-bond acceptors (Lipinski definition) is 6. The van der Waals surface area contributed by atoms with Gasteiger partial charge in [-0.15, -0.1) is 0 Å². The van der Waals surface area contributed by atoms with Gasteiger partial charge < -0.3 is 9.47 Å². The molecule has 0 spiro atoms. The molecular weight excluding hydrogens is 358 g/mol. The van der Waals surface area contributed by atoms with Gasteiger partial charge in [-0.25, -0.2) is 13.2 Å². The van der Waals surface area contributed by atoms with Crippen molar-refractivity contribution in [2.45, 2.75) is 18.7 Å². The van der Waals surface area contributed by atoms with E-state index in [2.05, 4.69) is 4.72 Å². The van der Waals surface area contributed by atoms with Crippen molar-refractivity contribution in [3.63, 3.8) is 0 Å². The largest absolute Gasteiger partial charge is 0.494 e. The summed E-state index contributed by atoms with van der Waals surface area (Å²) in [6, 6.07) is 11.9. The van der Waals surface area contributed by atoms with Crippen molar-refractivity contribution in [1.82, 2.24) is 0 Å². The van der Waals surface area contributed by atoms with Gasteiger partial charge in [0.1, 0.15) is 12.4 Å². The third-order valence-corrected chi connectivity index (χ3v) is 4.62. The minimum Gasteiger partial charge on any atom is -0.494 e. The van der Waals surface area contributed by atoms with Gasteiger partial charge >= 0.3 is 5.97 Å². The summed E-state index contributed by atoms with van der Waals surface area (Å²) in [5, 5.41) is 0. The van der Waals surface area contributed by atoms with Crippen molar-refractivity contribution < 1.29 is 27.5 Å². The van der Waals surface area contributed by atoms with Crippen molar-refractivity contribution in [1.29, 1.82) is 0 Å². The summed E-state index contributed by atoms with van der Waals surface area (Å²) in [5.74, 6) is -0.546. The van der Waals surface area contributed by atoms with Crippen molar-refractivity contribution in [2.75, 3.05) is 17.9 Å². The van der Waals surface area contributed by atoms with E-state index in [4.69, 9.17) is 9.47 Å². The zero-order valence-electron chi connectivity index (χ0n) is 14.4. The van der Waals surface area contributed by atoms with Crippen LogP contribution < -0.4 is 9.46 Å². The number of para-hydroxylation sites is 1. The fourth-order valence-electron chi connectivity index (χ4n) is 2.08. The van der Waals surface area contributed by atoms with Crippen LogP contribution in [-0.4, -0.2) is 33.4 Å². The molecule has 0 saturated carbocycles. The molecule has 0 aliphatic rings. The molecule has 0 radical (unpaired) electrons. The lowest BCUT2D eigenvalue weighted by atomic mass is 10.2. The fraction of sp³-hybridized carbons (Fsp3) is 0.222. The molecule has 7 nitrogen and oxygen atoms in total. The molecule has 26 heavy (non-hydrogen) atoms. The van der Waals surface area contributed by atoms with Crippen molar-refractivity contribution >= 4 is 27.5 Å². The Bertz CT molecular complexity index is 890. The quantitative estimate of drug-likeness (QED) is 0.710. The number of carbonyl (C=O) groups excluding carboxylic acids is 2. The maximum atomic E-state index is 12.6. The molecule has 0 aliphatic carbocycles. The minimum atomic E-state index is -3.91. The highest BCUT2D eigenvalue weighted by Gasteiger charge is 2.19. The highest BCUT2D eigenvalue weighted by Crippen LogP contribution is 2.22. The number of esters is 1. The van der Waals surface area contributed by atoms with Crippen LogP contribution in [-0.2, 0) is 19.6 Å². The van der Waals surface area contributed by atoms with Crippen LogP contribution in [0.2, 0.25) is 0 Å². The summed E-state index contributed by atoms with van der Waals surface area (Å²) in [5.41, 5.74) is 0.0817. The van der Waals surface area contributed by atoms with Gasteiger partial charge in [0.15, 0.2) is 5.78 Å². The molecule has 138 valence electrons. The fourth-order valence-corrected chi connectivity index (χ4v) is 3.16. The Hall–Kier alpha value is -2.87. The first kappa shape index (κ1) is 19.5. The number of benzene rings is 2. The lowest BCUT2D eigenvalue weighted by molar-refractivity contribution is -0.120. The first-order chi connectivity index (χ1) is 12.3. The molecule has 0 amide bonds. The zero-order valence-corrected chi connectivity index (χ0v) is 15.2. The Morgan fingerprint density at radius 2 is 1.69 bits per heavy atom. The Kier molecular flexibility index (Phi) is 6.35. The summed E-state index contributed by atoms with van der Waals surface area (Å²) in [7, 11) is -3.91. The van der Waals surface area contributed by atoms with Crippen LogP contribution in [0, 0.1) is 0 Å². The Morgan fingerprint density at radius 1 is 1.04 bits per heavy atom. The van der Waals surface area contributed by atoms with E-state index in [9.17, 15) is 18.0 Å². The molecule has 8 heteroatoms. The SMILES string of the molecule is CCOc1ccc(S(=O)(=O)Nc2ccccc2C(=O)OCC(C)=O)cc1. The second-order valence-corrected chi connectivity index (χ2v) is 7.02. The van der Waals surface area contributed by atoms with Crippen LogP contribution in [0.4, 0.5) is 5.69 Å². The summed E-state index contributed by atoms with van der Waals surface area (Å²) >= 11 is 0. The van der Waals surface area contributed by atoms with E-state index in [1.165, 1.54) is 31.2 Å². The molecule has 0 fully saturated rings. The molecular formula is C18H19NO6S. The van der Waals surface area contributed by atoms with Gasteiger partial charge in [-0.05, 0) is 50.2 Å². The lowest BCUT2D eigenvalue weighted by Gasteiger charge is -2.12. The number of ether oxygens (including phenoxy) is 2. The first-order valence-electron chi connectivity index (χ1n) is 7.84. The first-order valence-corrected chi connectivity index (χ1v) is 9.33. The van der Waals surface area contributed by atoms with Gasteiger partial charge in [-0.3, -0.25) is 9.52 Å². The monoisotopic (exact) mass is 377 g/mol. The van der Waals surface area contributed by atoms with Crippen molar-refractivity contribution in [3.8, 4) is 5.75 Å². The number of hydrogen-bond donors (Lipinski definition) is 1. The summed E-state index contributed by atoms with van der Waals surface area (Å²) < 4.78 is 37.6. The third-order valence-electron chi connectivity index (χ3n) is 3.24. The Balaban J connectivity index is 2.24. The van der Waals surface area contributed by atoms with Gasteiger partial charge in [0.2, 0.25) is 0 Å². The van der Waals surface area contributed by atoms with Gasteiger partial charge in [-0.1, -0.05) is 12.1 Å². The van der Waals surface area contributed by atoms with Gasteiger partial charge in [-0.2, -0.15) is 0 Å². The number of Topliss-reactive ketones (excluding diaryl/α,β-unsaturated/α-hetero) is 1. The van der Waals surface area contributed by atoms with Crippen molar-refractivity contribution in [3.05, 3.63) is 54.1 Å². The number of rotatable bonds is 8. The molecule has 0 aliphatic heterocycles. The highest BCUT2D eigenvalue weighted by molar-refractivity contribution is 7.92. The van der Waals surface area contributed by atoms with Crippen molar-refractivity contribution in [2.24, 2.45) is 0 Å². The van der Waals surface area contributed by atoms with E-state index < -0.39 is 16.0 Å². The maximum Gasteiger partial charge on any atom is 0.340 e. The molecule has 0 heterocycles. The average molecular weight is 377 g/mol. The predicted molar refractivity (Wildman–Crippen MR) is 95.8 cm³/mol.